The average Bonchev–Trinajstić information content (AvgIpc) is 2.45. The minimum atomic E-state index is 0.232. The molecule has 1 rings (SSSR count). The lowest BCUT2D eigenvalue weighted by Crippen LogP contribution is -2.36. The monoisotopic (exact) mass is 295 g/mol. The maximum atomic E-state index is 5.66. The number of rotatable bonds is 9. The second kappa shape index (κ2) is 8.58. The Hall–Kier alpha value is -0.670. The summed E-state index contributed by atoms with van der Waals surface area (Å²) in [5, 5.41) is 3.59. The lowest BCUT2D eigenvalue weighted by atomic mass is 10.0. The molecule has 0 bridgehead atoms. The van der Waals surface area contributed by atoms with E-state index in [1.807, 2.05) is 25.6 Å². The predicted octanol–water partition coefficient (Wildman–Crippen LogP) is 4.49. The Morgan fingerprint density at radius 2 is 1.75 bits per heavy atom. The van der Waals surface area contributed by atoms with E-state index in [-0.39, 0.29) is 6.10 Å². The van der Waals surface area contributed by atoms with Gasteiger partial charge >= 0.3 is 0 Å². The number of ether oxygens (including phenoxy) is 1. The summed E-state index contributed by atoms with van der Waals surface area (Å²) in [6, 6.07) is 8.39. The topological polar surface area (TPSA) is 21.3 Å². The summed E-state index contributed by atoms with van der Waals surface area (Å²) in [6.07, 6.45) is 4.86. The van der Waals surface area contributed by atoms with Gasteiger partial charge in [0.2, 0.25) is 0 Å². The zero-order chi connectivity index (χ0) is 15.0. The van der Waals surface area contributed by atoms with Crippen molar-refractivity contribution in [3.63, 3.8) is 0 Å². The molecule has 0 fully saturated rings. The quantitative estimate of drug-likeness (QED) is 0.725. The Morgan fingerprint density at radius 1 is 1.15 bits per heavy atom. The van der Waals surface area contributed by atoms with E-state index >= 15 is 0 Å². The predicted molar refractivity (Wildman–Crippen MR) is 90.7 cm³/mol. The van der Waals surface area contributed by atoms with Gasteiger partial charge in [-0.15, -0.1) is 0 Å². The Morgan fingerprint density at radius 3 is 2.20 bits per heavy atom. The molecule has 0 radical (unpaired) electrons. The molecule has 1 N–H and O–H groups in total. The van der Waals surface area contributed by atoms with E-state index in [1.54, 1.807) is 0 Å². The van der Waals surface area contributed by atoms with Crippen LogP contribution < -0.4 is 10.1 Å². The average molecular weight is 295 g/mol. The third-order valence-corrected chi connectivity index (χ3v) is 5.38. The first-order valence-corrected chi connectivity index (χ1v) is 8.79. The first kappa shape index (κ1) is 17.4. The van der Waals surface area contributed by atoms with Crippen molar-refractivity contribution in [1.82, 2.24) is 5.32 Å². The molecule has 0 amide bonds. The second-order valence-corrected chi connectivity index (χ2v) is 6.78. The van der Waals surface area contributed by atoms with Crippen LogP contribution in [0, 0.1) is 0 Å². The third kappa shape index (κ3) is 5.37. The van der Waals surface area contributed by atoms with Crippen molar-refractivity contribution >= 4 is 11.8 Å². The van der Waals surface area contributed by atoms with E-state index in [2.05, 4.69) is 49.7 Å². The molecule has 2 nitrogen and oxygen atoms in total. The van der Waals surface area contributed by atoms with Gasteiger partial charge in [0.15, 0.2) is 0 Å². The third-order valence-electron chi connectivity index (χ3n) is 3.79. The van der Waals surface area contributed by atoms with Gasteiger partial charge in [0.25, 0.3) is 0 Å². The summed E-state index contributed by atoms with van der Waals surface area (Å²) in [5.74, 6) is 0.948. The number of benzene rings is 1. The van der Waals surface area contributed by atoms with Crippen LogP contribution in [0.25, 0.3) is 0 Å². The summed E-state index contributed by atoms with van der Waals surface area (Å²) in [4.78, 5) is 0. The van der Waals surface area contributed by atoms with E-state index in [4.69, 9.17) is 4.74 Å². The molecule has 20 heavy (non-hydrogen) atoms. The Labute approximate surface area is 128 Å². The summed E-state index contributed by atoms with van der Waals surface area (Å²) < 4.78 is 6.03. The van der Waals surface area contributed by atoms with Crippen molar-refractivity contribution in [2.75, 3.05) is 12.8 Å². The largest absolute Gasteiger partial charge is 0.491 e. The molecule has 0 spiro atoms. The van der Waals surface area contributed by atoms with Crippen LogP contribution in [0.5, 0.6) is 5.75 Å². The fraction of sp³-hybridized carbons (Fsp3) is 0.647. The molecule has 0 aromatic heterocycles. The fourth-order valence-electron chi connectivity index (χ4n) is 2.25. The standard InChI is InChI=1S/C17H29NOS/c1-6-17(7-2,20-5)13-18-12-15-8-10-16(11-9-15)19-14(3)4/h8-11,14,18H,6-7,12-13H2,1-5H3. The van der Waals surface area contributed by atoms with E-state index in [0.29, 0.717) is 4.75 Å². The van der Waals surface area contributed by atoms with Gasteiger partial charge < -0.3 is 10.1 Å². The highest BCUT2D eigenvalue weighted by molar-refractivity contribution is 8.00. The highest BCUT2D eigenvalue weighted by atomic mass is 32.2. The van der Waals surface area contributed by atoms with E-state index in [9.17, 15) is 0 Å². The zero-order valence-electron chi connectivity index (χ0n) is 13.5. The summed E-state index contributed by atoms with van der Waals surface area (Å²) in [7, 11) is 0. The van der Waals surface area contributed by atoms with Gasteiger partial charge in [0.1, 0.15) is 5.75 Å². The number of hydrogen-bond donors (Lipinski definition) is 1. The van der Waals surface area contributed by atoms with Crippen LogP contribution in [-0.2, 0) is 6.54 Å². The number of nitrogens with one attached hydrogen (secondary N) is 1. The molecule has 0 heterocycles. The Balaban J connectivity index is 2.46. The smallest absolute Gasteiger partial charge is 0.119 e. The molecule has 0 saturated heterocycles. The van der Waals surface area contributed by atoms with Gasteiger partial charge in [-0.1, -0.05) is 26.0 Å². The van der Waals surface area contributed by atoms with Crippen molar-refractivity contribution in [1.29, 1.82) is 0 Å². The molecule has 1 aromatic rings. The van der Waals surface area contributed by atoms with Crippen LogP contribution in [0.3, 0.4) is 0 Å². The molecule has 3 heteroatoms. The highest BCUT2D eigenvalue weighted by Crippen LogP contribution is 2.29. The van der Waals surface area contributed by atoms with Crippen molar-refractivity contribution in [3.05, 3.63) is 29.8 Å². The zero-order valence-corrected chi connectivity index (χ0v) is 14.3. The molecule has 0 saturated carbocycles. The molecule has 0 atom stereocenters. The molecule has 1 aromatic carbocycles. The lowest BCUT2D eigenvalue weighted by Gasteiger charge is -2.30. The minimum Gasteiger partial charge on any atom is -0.491 e. The van der Waals surface area contributed by atoms with Crippen LogP contribution in [0.4, 0.5) is 0 Å². The summed E-state index contributed by atoms with van der Waals surface area (Å²) >= 11 is 1.98. The van der Waals surface area contributed by atoms with Crippen LogP contribution in [-0.4, -0.2) is 23.7 Å². The van der Waals surface area contributed by atoms with Gasteiger partial charge in [-0.25, -0.2) is 0 Å². The van der Waals surface area contributed by atoms with Gasteiger partial charge in [-0.3, -0.25) is 0 Å². The molecular weight excluding hydrogens is 266 g/mol. The fourth-order valence-corrected chi connectivity index (χ4v) is 3.08. The van der Waals surface area contributed by atoms with Crippen molar-refractivity contribution < 1.29 is 4.74 Å². The summed E-state index contributed by atoms with van der Waals surface area (Å²) in [6.45, 7) is 10.6. The molecule has 0 unspecified atom stereocenters. The maximum Gasteiger partial charge on any atom is 0.119 e. The highest BCUT2D eigenvalue weighted by Gasteiger charge is 2.23. The molecule has 0 aliphatic carbocycles. The molecule has 0 aliphatic rings. The first-order valence-electron chi connectivity index (χ1n) is 7.56. The second-order valence-electron chi connectivity index (χ2n) is 5.51. The van der Waals surface area contributed by atoms with Crippen molar-refractivity contribution in [2.45, 2.75) is 57.9 Å². The normalized spacial score (nSPS) is 11.9. The van der Waals surface area contributed by atoms with Crippen molar-refractivity contribution in [2.24, 2.45) is 0 Å². The summed E-state index contributed by atoms with van der Waals surface area (Å²) in [5.41, 5.74) is 1.31. The molecule has 0 aliphatic heterocycles. The van der Waals surface area contributed by atoms with Gasteiger partial charge in [0.05, 0.1) is 6.10 Å². The first-order chi connectivity index (χ1) is 9.55. The Bertz CT molecular complexity index is 363. The van der Waals surface area contributed by atoms with E-state index in [0.717, 1.165) is 18.8 Å². The molecule has 114 valence electrons. The Kier molecular flexibility index (Phi) is 7.46. The number of hydrogen-bond acceptors (Lipinski definition) is 3. The van der Waals surface area contributed by atoms with Crippen LogP contribution >= 0.6 is 11.8 Å². The van der Waals surface area contributed by atoms with Gasteiger partial charge in [0, 0.05) is 17.8 Å². The minimum absolute atomic E-state index is 0.232. The van der Waals surface area contributed by atoms with E-state index in [1.165, 1.54) is 18.4 Å². The SMILES string of the molecule is CCC(CC)(CNCc1ccc(OC(C)C)cc1)SC. The van der Waals surface area contributed by atoms with Crippen LogP contribution in [0.1, 0.15) is 46.1 Å². The van der Waals surface area contributed by atoms with Gasteiger partial charge in [-0.2, -0.15) is 11.8 Å². The van der Waals surface area contributed by atoms with Gasteiger partial charge in [-0.05, 0) is 50.6 Å². The number of thioether (sulfide) groups is 1. The van der Waals surface area contributed by atoms with Crippen molar-refractivity contribution in [3.8, 4) is 5.75 Å². The maximum absolute atomic E-state index is 5.66. The van der Waals surface area contributed by atoms with E-state index < -0.39 is 0 Å². The van der Waals surface area contributed by atoms with Crippen LogP contribution in [0.15, 0.2) is 24.3 Å². The van der Waals surface area contributed by atoms with Crippen LogP contribution in [0.2, 0.25) is 0 Å². The molecular formula is C17H29NOS. The lowest BCUT2D eigenvalue weighted by molar-refractivity contribution is 0.242.